The van der Waals surface area contributed by atoms with Gasteiger partial charge in [0.2, 0.25) is 0 Å². The number of halogens is 1. The molecule has 24 heavy (non-hydrogen) atoms. The number of carbonyl (C=O) groups is 1. The minimum Gasteiger partial charge on any atom is -0.349 e. The van der Waals surface area contributed by atoms with Gasteiger partial charge in [-0.15, -0.1) is 6.58 Å². The Bertz CT molecular complexity index is 842. The van der Waals surface area contributed by atoms with Crippen molar-refractivity contribution in [3.05, 3.63) is 81.3 Å². The van der Waals surface area contributed by atoms with Gasteiger partial charge >= 0.3 is 0 Å². The lowest BCUT2D eigenvalue weighted by molar-refractivity contribution is 0.0933. The first kappa shape index (κ1) is 16.5. The van der Waals surface area contributed by atoms with Gasteiger partial charge in [0.05, 0.1) is 0 Å². The number of hydrogen-bond acceptors (Lipinski definition) is 2. The Kier molecular flexibility index (Phi) is 4.86. The molecule has 1 heterocycles. The van der Waals surface area contributed by atoms with E-state index in [-0.39, 0.29) is 17.5 Å². The van der Waals surface area contributed by atoms with Crippen molar-refractivity contribution in [2.24, 2.45) is 0 Å². The number of amides is 1. The number of rotatable bonds is 4. The van der Waals surface area contributed by atoms with E-state index in [9.17, 15) is 9.59 Å². The Morgan fingerprint density at radius 1 is 1.38 bits per heavy atom. The second-order valence-electron chi connectivity index (χ2n) is 5.97. The van der Waals surface area contributed by atoms with Crippen molar-refractivity contribution in [2.75, 3.05) is 0 Å². The molecule has 3 rings (SSSR count). The fraction of sp³-hybridized carbons (Fsp3) is 0.263. The number of nitrogens with one attached hydrogen (secondary N) is 1. The molecule has 1 aromatic carbocycles. The lowest BCUT2D eigenvalue weighted by Gasteiger charge is -2.27. The van der Waals surface area contributed by atoms with Crippen molar-refractivity contribution in [2.45, 2.75) is 31.8 Å². The van der Waals surface area contributed by atoms with Crippen LogP contribution in [0.3, 0.4) is 0 Å². The molecule has 4 nitrogen and oxygen atoms in total. The van der Waals surface area contributed by atoms with E-state index in [0.717, 1.165) is 30.5 Å². The number of benzene rings is 1. The van der Waals surface area contributed by atoms with Crippen LogP contribution in [0.25, 0.3) is 0 Å². The lowest BCUT2D eigenvalue weighted by atomic mass is 9.91. The molecule has 0 radical (unpaired) electrons. The summed E-state index contributed by atoms with van der Waals surface area (Å²) in [4.78, 5) is 24.4. The quantitative estimate of drug-likeness (QED) is 0.868. The first-order valence-corrected chi connectivity index (χ1v) is 8.35. The molecule has 0 spiro atoms. The van der Waals surface area contributed by atoms with Gasteiger partial charge in [-0.3, -0.25) is 9.59 Å². The first-order valence-electron chi connectivity index (χ1n) is 7.97. The molecular weight excluding hydrogens is 324 g/mol. The molecule has 0 unspecified atom stereocenters. The Morgan fingerprint density at radius 3 is 2.96 bits per heavy atom. The minimum absolute atomic E-state index is 0.00457. The van der Waals surface area contributed by atoms with Crippen LogP contribution in [0.1, 0.15) is 28.0 Å². The molecule has 0 saturated heterocycles. The maximum absolute atomic E-state index is 12.4. The summed E-state index contributed by atoms with van der Waals surface area (Å²) < 4.78 is 1.76. The van der Waals surface area contributed by atoms with Crippen molar-refractivity contribution < 1.29 is 4.79 Å². The van der Waals surface area contributed by atoms with Gasteiger partial charge in [0.15, 0.2) is 0 Å². The van der Waals surface area contributed by atoms with Gasteiger partial charge in [-0.1, -0.05) is 29.8 Å². The molecular formula is C19H19ClN2O2. The van der Waals surface area contributed by atoms with Crippen molar-refractivity contribution in [1.82, 2.24) is 9.88 Å². The zero-order valence-electron chi connectivity index (χ0n) is 13.3. The molecule has 0 saturated carbocycles. The van der Waals surface area contributed by atoms with E-state index in [1.807, 2.05) is 6.07 Å². The fourth-order valence-corrected chi connectivity index (χ4v) is 3.37. The van der Waals surface area contributed by atoms with E-state index in [2.05, 4.69) is 11.9 Å². The number of allylic oxidation sites excluding steroid dienone is 1. The number of pyridine rings is 1. The Morgan fingerprint density at radius 2 is 2.21 bits per heavy atom. The maximum Gasteiger partial charge on any atom is 0.251 e. The number of carbonyl (C=O) groups excluding carboxylic acids is 1. The van der Waals surface area contributed by atoms with Crippen molar-refractivity contribution in [3.63, 3.8) is 0 Å². The predicted octanol–water partition coefficient (Wildman–Crippen LogP) is 2.98. The molecule has 124 valence electrons. The predicted molar refractivity (Wildman–Crippen MR) is 95.6 cm³/mol. The van der Waals surface area contributed by atoms with E-state index in [0.29, 0.717) is 17.1 Å². The van der Waals surface area contributed by atoms with Crippen LogP contribution in [0.15, 0.2) is 53.8 Å². The van der Waals surface area contributed by atoms with Crippen molar-refractivity contribution in [1.29, 1.82) is 0 Å². The van der Waals surface area contributed by atoms with E-state index in [4.69, 9.17) is 11.6 Å². The van der Waals surface area contributed by atoms with Gasteiger partial charge in [0, 0.05) is 34.9 Å². The highest BCUT2D eigenvalue weighted by Gasteiger charge is 2.23. The summed E-state index contributed by atoms with van der Waals surface area (Å²) in [5, 5.41) is 3.61. The van der Waals surface area contributed by atoms with Gasteiger partial charge in [0.1, 0.15) is 0 Å². The zero-order chi connectivity index (χ0) is 17.1. The molecule has 1 aromatic heterocycles. The maximum atomic E-state index is 12.4. The molecule has 1 N–H and O–H groups in total. The van der Waals surface area contributed by atoms with Crippen LogP contribution in [0, 0.1) is 0 Å². The molecule has 1 amide bonds. The van der Waals surface area contributed by atoms with Crippen LogP contribution < -0.4 is 10.9 Å². The summed E-state index contributed by atoms with van der Waals surface area (Å²) in [6, 6.07) is 10.4. The third-order valence-corrected chi connectivity index (χ3v) is 4.55. The van der Waals surface area contributed by atoms with Gasteiger partial charge < -0.3 is 9.88 Å². The highest BCUT2D eigenvalue weighted by Crippen LogP contribution is 2.21. The van der Waals surface area contributed by atoms with E-state index < -0.39 is 0 Å². The Labute approximate surface area is 145 Å². The minimum atomic E-state index is -0.120. The lowest BCUT2D eigenvalue weighted by Crippen LogP contribution is -2.40. The molecule has 2 aromatic rings. The molecule has 0 aliphatic heterocycles. The summed E-state index contributed by atoms with van der Waals surface area (Å²) >= 11 is 5.94. The van der Waals surface area contributed by atoms with E-state index in [1.165, 1.54) is 0 Å². The highest BCUT2D eigenvalue weighted by molar-refractivity contribution is 6.30. The smallest absolute Gasteiger partial charge is 0.251 e. The number of nitrogens with zero attached hydrogens (tertiary/aromatic N) is 1. The SMILES string of the molecule is C=CCn1c2c(ccc1=O)C[C@@H](NC(=O)c1cccc(Cl)c1)CC2. The number of fused-ring (bicyclic) bond motifs is 1. The summed E-state index contributed by atoms with van der Waals surface area (Å²) in [7, 11) is 0. The summed E-state index contributed by atoms with van der Waals surface area (Å²) in [5.74, 6) is -0.120. The summed E-state index contributed by atoms with van der Waals surface area (Å²) in [6.07, 6.45) is 4.02. The Balaban J connectivity index is 1.76. The molecule has 0 bridgehead atoms. The standard InChI is InChI=1S/C19H19ClN2O2/c1-2-10-22-17-8-7-16(12-13(17)6-9-18(22)23)21-19(24)14-4-3-5-15(20)11-14/h2-6,9,11,16H,1,7-8,10,12H2,(H,21,24)/t16-/m0/s1. The zero-order valence-corrected chi connectivity index (χ0v) is 14.1. The van der Waals surface area contributed by atoms with Gasteiger partial charge in [0.25, 0.3) is 11.5 Å². The van der Waals surface area contributed by atoms with Crippen LogP contribution in [0.4, 0.5) is 0 Å². The van der Waals surface area contributed by atoms with Gasteiger partial charge in [-0.25, -0.2) is 0 Å². The first-order chi connectivity index (χ1) is 11.6. The molecule has 1 atom stereocenters. The topological polar surface area (TPSA) is 51.1 Å². The van der Waals surface area contributed by atoms with Gasteiger partial charge in [-0.05, 0) is 43.0 Å². The third-order valence-electron chi connectivity index (χ3n) is 4.32. The second-order valence-corrected chi connectivity index (χ2v) is 6.40. The van der Waals surface area contributed by atoms with Gasteiger partial charge in [-0.2, -0.15) is 0 Å². The van der Waals surface area contributed by atoms with Crippen LogP contribution in [-0.4, -0.2) is 16.5 Å². The highest BCUT2D eigenvalue weighted by atomic mass is 35.5. The summed E-state index contributed by atoms with van der Waals surface area (Å²) in [5.41, 5.74) is 2.72. The third kappa shape index (κ3) is 3.44. The van der Waals surface area contributed by atoms with E-state index in [1.54, 1.807) is 41.0 Å². The van der Waals surface area contributed by atoms with Crippen molar-refractivity contribution >= 4 is 17.5 Å². The number of aromatic nitrogens is 1. The Hall–Kier alpha value is -2.33. The average molecular weight is 343 g/mol. The summed E-state index contributed by atoms with van der Waals surface area (Å²) in [6.45, 7) is 4.23. The van der Waals surface area contributed by atoms with Crippen LogP contribution in [0.2, 0.25) is 5.02 Å². The average Bonchev–Trinajstić information content (AvgIpc) is 2.57. The molecule has 0 fully saturated rings. The van der Waals surface area contributed by atoms with Crippen LogP contribution in [-0.2, 0) is 19.4 Å². The number of hydrogen-bond donors (Lipinski definition) is 1. The second kappa shape index (κ2) is 7.05. The van der Waals surface area contributed by atoms with Crippen LogP contribution in [0.5, 0.6) is 0 Å². The normalized spacial score (nSPS) is 16.3. The largest absolute Gasteiger partial charge is 0.349 e. The van der Waals surface area contributed by atoms with Crippen LogP contribution >= 0.6 is 11.6 Å². The van der Waals surface area contributed by atoms with E-state index >= 15 is 0 Å². The fourth-order valence-electron chi connectivity index (χ4n) is 3.18. The molecule has 1 aliphatic carbocycles. The van der Waals surface area contributed by atoms with Crippen molar-refractivity contribution in [3.8, 4) is 0 Å². The molecule has 1 aliphatic rings. The monoisotopic (exact) mass is 342 g/mol. The molecule has 5 heteroatoms.